The van der Waals surface area contributed by atoms with Crippen LogP contribution in [0.4, 0.5) is 5.69 Å². The summed E-state index contributed by atoms with van der Waals surface area (Å²) >= 11 is 0. The van der Waals surface area contributed by atoms with E-state index in [4.69, 9.17) is 0 Å². The Balaban J connectivity index is 1.53. The Hall–Kier alpha value is -2.50. The number of rotatable bonds is 5. The van der Waals surface area contributed by atoms with Crippen LogP contribution in [0.3, 0.4) is 0 Å². The molecule has 0 amide bonds. The van der Waals surface area contributed by atoms with Crippen LogP contribution in [0.1, 0.15) is 24.8 Å². The highest BCUT2D eigenvalue weighted by atomic mass is 15.3. The third-order valence-corrected chi connectivity index (χ3v) is 5.28. The third kappa shape index (κ3) is 4.18. The molecule has 1 saturated heterocycles. The largest absolute Gasteiger partial charge is 0.370 e. The van der Waals surface area contributed by atoms with Crippen molar-refractivity contribution in [1.82, 2.24) is 20.0 Å². The normalized spacial score (nSPS) is 18.8. The van der Waals surface area contributed by atoms with Crippen molar-refractivity contribution in [2.45, 2.75) is 25.3 Å². The lowest BCUT2D eigenvalue weighted by Crippen LogP contribution is -2.46. The molecular weight excluding hydrogens is 324 g/mol. The zero-order valence-electron chi connectivity index (χ0n) is 16.3. The molecule has 1 aliphatic rings. The maximum absolute atomic E-state index is 4.50. The van der Waals surface area contributed by atoms with E-state index in [0.717, 1.165) is 32.0 Å². The molecule has 0 saturated carbocycles. The van der Waals surface area contributed by atoms with Crippen LogP contribution in [0.25, 0.3) is 0 Å². The highest BCUT2D eigenvalue weighted by molar-refractivity contribution is 5.80. The fourth-order valence-electron chi connectivity index (χ4n) is 3.50. The van der Waals surface area contributed by atoms with Crippen LogP contribution in [0.2, 0.25) is 0 Å². The number of benzene rings is 1. The van der Waals surface area contributed by atoms with Gasteiger partial charge in [0.25, 0.3) is 0 Å². The molecule has 6 heteroatoms. The molecule has 1 aromatic carbocycles. The van der Waals surface area contributed by atoms with Crippen LogP contribution in [0.5, 0.6) is 0 Å². The molecule has 1 fully saturated rings. The fourth-order valence-corrected chi connectivity index (χ4v) is 3.50. The topological polar surface area (TPSA) is 48.7 Å². The summed E-state index contributed by atoms with van der Waals surface area (Å²) in [5.41, 5.74) is 2.55. The Bertz CT molecular complexity index is 723. The molecule has 2 atom stereocenters. The minimum atomic E-state index is 0.367. The summed E-state index contributed by atoms with van der Waals surface area (Å²) in [5.74, 6) is 1.52. The van der Waals surface area contributed by atoms with Gasteiger partial charge < -0.3 is 15.1 Å². The monoisotopic (exact) mass is 354 g/mol. The first kappa shape index (κ1) is 18.3. The highest BCUT2D eigenvalue weighted by Crippen LogP contribution is 2.26. The van der Waals surface area contributed by atoms with Crippen molar-refractivity contribution in [2.24, 2.45) is 12.0 Å². The van der Waals surface area contributed by atoms with Gasteiger partial charge in [0.05, 0.1) is 6.20 Å². The van der Waals surface area contributed by atoms with Gasteiger partial charge >= 0.3 is 0 Å². The number of hydrogen-bond acceptors (Lipinski definition) is 3. The van der Waals surface area contributed by atoms with Crippen molar-refractivity contribution >= 4 is 11.6 Å². The van der Waals surface area contributed by atoms with Gasteiger partial charge in [-0.2, -0.15) is 5.10 Å². The van der Waals surface area contributed by atoms with E-state index >= 15 is 0 Å². The van der Waals surface area contributed by atoms with Crippen molar-refractivity contribution in [1.29, 1.82) is 0 Å². The fraction of sp³-hybridized carbons (Fsp3) is 0.500. The average molecular weight is 355 g/mol. The molecule has 2 heterocycles. The zero-order valence-corrected chi connectivity index (χ0v) is 16.3. The van der Waals surface area contributed by atoms with E-state index in [-0.39, 0.29) is 0 Å². The smallest absolute Gasteiger partial charge is 0.193 e. The van der Waals surface area contributed by atoms with Crippen molar-refractivity contribution < 1.29 is 0 Å². The summed E-state index contributed by atoms with van der Waals surface area (Å²) in [6, 6.07) is 10.9. The van der Waals surface area contributed by atoms with E-state index in [1.807, 2.05) is 31.0 Å². The predicted molar refractivity (Wildman–Crippen MR) is 108 cm³/mol. The first-order valence-corrected chi connectivity index (χ1v) is 9.30. The van der Waals surface area contributed by atoms with Gasteiger partial charge in [0, 0.05) is 64.6 Å². The molecule has 2 unspecified atom stereocenters. The predicted octanol–water partition coefficient (Wildman–Crippen LogP) is 2.31. The van der Waals surface area contributed by atoms with Crippen LogP contribution in [-0.2, 0) is 7.05 Å². The second-order valence-corrected chi connectivity index (χ2v) is 7.10. The molecule has 2 aromatic rings. The Kier molecular flexibility index (Phi) is 5.81. The molecule has 6 nitrogen and oxygen atoms in total. The van der Waals surface area contributed by atoms with E-state index in [9.17, 15) is 0 Å². The standard InChI is InChI=1S/C20H30N6/c1-16(25(4)19-8-6-5-7-9-19)12-22-20(21-2)26-11-10-17(15-26)18-13-23-24(3)14-18/h5-9,13-14,16-17H,10-12,15H2,1-4H3,(H,21,22). The summed E-state index contributed by atoms with van der Waals surface area (Å²) in [4.78, 5) is 9.15. The quantitative estimate of drug-likeness (QED) is 0.661. The molecule has 140 valence electrons. The van der Waals surface area contributed by atoms with Crippen molar-refractivity contribution in [3.05, 3.63) is 48.3 Å². The molecule has 0 bridgehead atoms. The van der Waals surface area contributed by atoms with Crippen molar-refractivity contribution in [3.63, 3.8) is 0 Å². The molecular formula is C20H30N6. The number of aryl methyl sites for hydroxylation is 1. The molecule has 0 spiro atoms. The summed E-state index contributed by atoms with van der Waals surface area (Å²) < 4.78 is 1.88. The third-order valence-electron chi connectivity index (χ3n) is 5.28. The van der Waals surface area contributed by atoms with Crippen molar-refractivity contribution in [2.75, 3.05) is 38.6 Å². The number of aromatic nitrogens is 2. The molecule has 1 aromatic heterocycles. The van der Waals surface area contributed by atoms with Gasteiger partial charge in [0.2, 0.25) is 0 Å². The number of para-hydroxylation sites is 1. The average Bonchev–Trinajstić information content (AvgIpc) is 3.31. The number of anilines is 1. The Morgan fingerprint density at radius 2 is 2.15 bits per heavy atom. The summed E-state index contributed by atoms with van der Waals surface area (Å²) in [5, 5.41) is 7.86. The Morgan fingerprint density at radius 3 is 2.81 bits per heavy atom. The first-order chi connectivity index (χ1) is 12.6. The van der Waals surface area contributed by atoms with Crippen LogP contribution in [-0.4, -0.2) is 60.4 Å². The van der Waals surface area contributed by atoms with Gasteiger partial charge in [-0.3, -0.25) is 9.67 Å². The van der Waals surface area contributed by atoms with Gasteiger partial charge in [0.15, 0.2) is 5.96 Å². The van der Waals surface area contributed by atoms with Crippen molar-refractivity contribution in [3.8, 4) is 0 Å². The van der Waals surface area contributed by atoms with E-state index in [1.54, 1.807) is 0 Å². The van der Waals surface area contributed by atoms with E-state index in [0.29, 0.717) is 12.0 Å². The van der Waals surface area contributed by atoms with Crippen LogP contribution in [0, 0.1) is 0 Å². The van der Waals surface area contributed by atoms with Crippen LogP contribution < -0.4 is 10.2 Å². The second kappa shape index (κ2) is 8.25. The maximum atomic E-state index is 4.50. The van der Waals surface area contributed by atoms with E-state index in [2.05, 4.69) is 69.6 Å². The summed E-state index contributed by atoms with van der Waals surface area (Å²) in [6.07, 6.45) is 5.26. The molecule has 0 aliphatic carbocycles. The van der Waals surface area contributed by atoms with Gasteiger partial charge in [-0.05, 0) is 31.0 Å². The molecule has 1 N–H and O–H groups in total. The number of aliphatic imine (C=N–C) groups is 1. The molecule has 1 aliphatic heterocycles. The summed E-state index contributed by atoms with van der Waals surface area (Å²) in [6.45, 7) is 5.11. The number of nitrogens with one attached hydrogen (secondary N) is 1. The lowest BCUT2D eigenvalue weighted by Gasteiger charge is -2.29. The number of guanidine groups is 1. The number of likely N-dealkylation sites (N-methyl/N-ethyl adjacent to an activating group) is 1. The number of hydrogen-bond donors (Lipinski definition) is 1. The van der Waals surface area contributed by atoms with Gasteiger partial charge in [0.1, 0.15) is 0 Å². The second-order valence-electron chi connectivity index (χ2n) is 7.10. The molecule has 0 radical (unpaired) electrons. The first-order valence-electron chi connectivity index (χ1n) is 9.30. The van der Waals surface area contributed by atoms with E-state index in [1.165, 1.54) is 11.3 Å². The van der Waals surface area contributed by atoms with Gasteiger partial charge in [-0.15, -0.1) is 0 Å². The Morgan fingerprint density at radius 1 is 1.38 bits per heavy atom. The zero-order chi connectivity index (χ0) is 18.5. The summed E-state index contributed by atoms with van der Waals surface area (Å²) in [7, 11) is 5.98. The highest BCUT2D eigenvalue weighted by Gasteiger charge is 2.27. The minimum absolute atomic E-state index is 0.367. The molecule has 3 rings (SSSR count). The van der Waals surface area contributed by atoms with E-state index < -0.39 is 0 Å². The lowest BCUT2D eigenvalue weighted by molar-refractivity contribution is 0.481. The SMILES string of the molecule is CN=C(NCC(C)N(C)c1ccccc1)N1CCC(c2cnn(C)c2)C1. The maximum Gasteiger partial charge on any atom is 0.193 e. The lowest BCUT2D eigenvalue weighted by atomic mass is 10.0. The van der Waals surface area contributed by atoms with Crippen LogP contribution >= 0.6 is 0 Å². The van der Waals surface area contributed by atoms with Gasteiger partial charge in [-0.1, -0.05) is 18.2 Å². The van der Waals surface area contributed by atoms with Gasteiger partial charge in [-0.25, -0.2) is 0 Å². The molecule has 26 heavy (non-hydrogen) atoms. The Labute approximate surface area is 156 Å². The number of nitrogens with zero attached hydrogens (tertiary/aromatic N) is 5. The van der Waals surface area contributed by atoms with Crippen LogP contribution in [0.15, 0.2) is 47.7 Å². The minimum Gasteiger partial charge on any atom is -0.370 e. The number of likely N-dealkylation sites (tertiary alicyclic amines) is 1.